The van der Waals surface area contributed by atoms with E-state index in [2.05, 4.69) is 0 Å². The molecule has 1 aromatic rings. The largest absolute Gasteiger partial charge is 0.395 e. The predicted molar refractivity (Wildman–Crippen MR) is 53.4 cm³/mol. The second-order valence-corrected chi connectivity index (χ2v) is 4.89. The molecule has 0 radical (unpaired) electrons. The Morgan fingerprint density at radius 1 is 1.31 bits per heavy atom. The van der Waals surface area contributed by atoms with Crippen LogP contribution in [0, 0.1) is 18.6 Å². The molecule has 0 aliphatic heterocycles. The Morgan fingerprint density at radius 3 is 2.50 bits per heavy atom. The third-order valence-corrected chi connectivity index (χ3v) is 3.38. The Morgan fingerprint density at radius 2 is 1.94 bits per heavy atom. The van der Waals surface area contributed by atoms with Gasteiger partial charge in [-0.05, 0) is 18.6 Å². The van der Waals surface area contributed by atoms with Crippen LogP contribution in [0.2, 0.25) is 0 Å². The van der Waals surface area contributed by atoms with E-state index in [1.807, 2.05) is 4.72 Å². The first-order valence-corrected chi connectivity index (χ1v) is 5.93. The third-order valence-electron chi connectivity index (χ3n) is 1.91. The minimum Gasteiger partial charge on any atom is -0.395 e. The van der Waals surface area contributed by atoms with Crippen molar-refractivity contribution >= 4 is 10.0 Å². The molecule has 4 nitrogen and oxygen atoms in total. The van der Waals surface area contributed by atoms with Crippen LogP contribution in [0.4, 0.5) is 8.78 Å². The summed E-state index contributed by atoms with van der Waals surface area (Å²) in [4.78, 5) is -0.625. The van der Waals surface area contributed by atoms with Gasteiger partial charge in [-0.25, -0.2) is 21.9 Å². The van der Waals surface area contributed by atoms with E-state index < -0.39 is 33.2 Å². The number of rotatable bonds is 4. The van der Waals surface area contributed by atoms with Gasteiger partial charge in [-0.1, -0.05) is 0 Å². The van der Waals surface area contributed by atoms with Gasteiger partial charge in [0.2, 0.25) is 10.0 Å². The number of halogens is 2. The molecule has 0 spiro atoms. The van der Waals surface area contributed by atoms with Crippen LogP contribution in [0.1, 0.15) is 5.56 Å². The highest BCUT2D eigenvalue weighted by Gasteiger charge is 2.20. The molecule has 0 amide bonds. The first kappa shape index (κ1) is 13.0. The van der Waals surface area contributed by atoms with Gasteiger partial charge in [0, 0.05) is 12.6 Å². The zero-order chi connectivity index (χ0) is 12.3. The zero-order valence-electron chi connectivity index (χ0n) is 8.50. The fourth-order valence-electron chi connectivity index (χ4n) is 1.09. The van der Waals surface area contributed by atoms with Gasteiger partial charge in [-0.15, -0.1) is 0 Å². The zero-order valence-corrected chi connectivity index (χ0v) is 9.31. The summed E-state index contributed by atoms with van der Waals surface area (Å²) in [6, 6.07) is 1.42. The topological polar surface area (TPSA) is 66.4 Å². The van der Waals surface area contributed by atoms with Crippen molar-refractivity contribution in [3.63, 3.8) is 0 Å². The maximum absolute atomic E-state index is 13.2. The van der Waals surface area contributed by atoms with Gasteiger partial charge in [-0.2, -0.15) is 0 Å². The van der Waals surface area contributed by atoms with Crippen LogP contribution >= 0.6 is 0 Å². The van der Waals surface area contributed by atoms with Gasteiger partial charge < -0.3 is 5.11 Å². The first-order valence-electron chi connectivity index (χ1n) is 4.44. The number of sulfonamides is 1. The molecule has 1 aromatic carbocycles. The molecule has 0 unspecified atom stereocenters. The van der Waals surface area contributed by atoms with E-state index in [-0.39, 0.29) is 12.1 Å². The van der Waals surface area contributed by atoms with Crippen LogP contribution in [-0.2, 0) is 10.0 Å². The smallest absolute Gasteiger partial charge is 0.243 e. The second-order valence-electron chi connectivity index (χ2n) is 3.15. The summed E-state index contributed by atoms with van der Waals surface area (Å²) in [6.45, 7) is 0.707. The lowest BCUT2D eigenvalue weighted by atomic mass is 10.2. The van der Waals surface area contributed by atoms with E-state index in [1.54, 1.807) is 0 Å². The van der Waals surface area contributed by atoms with Crippen molar-refractivity contribution in [1.82, 2.24) is 4.72 Å². The average molecular weight is 251 g/mol. The molecule has 16 heavy (non-hydrogen) atoms. The monoisotopic (exact) mass is 251 g/mol. The van der Waals surface area contributed by atoms with Crippen molar-refractivity contribution in [3.8, 4) is 0 Å². The van der Waals surface area contributed by atoms with Gasteiger partial charge >= 0.3 is 0 Å². The molecule has 0 heterocycles. The van der Waals surface area contributed by atoms with Crippen molar-refractivity contribution in [2.24, 2.45) is 0 Å². The highest BCUT2D eigenvalue weighted by atomic mass is 32.2. The van der Waals surface area contributed by atoms with Crippen molar-refractivity contribution in [1.29, 1.82) is 0 Å². The van der Waals surface area contributed by atoms with E-state index in [9.17, 15) is 17.2 Å². The van der Waals surface area contributed by atoms with Crippen molar-refractivity contribution in [2.75, 3.05) is 13.2 Å². The minimum absolute atomic E-state index is 0.0331. The first-order chi connectivity index (χ1) is 7.38. The SMILES string of the molecule is Cc1cc(S(=O)(=O)NCCO)c(F)cc1F. The fraction of sp³-hybridized carbons (Fsp3) is 0.333. The molecule has 2 N–H and O–H groups in total. The number of hydrogen-bond acceptors (Lipinski definition) is 3. The van der Waals surface area contributed by atoms with Gasteiger partial charge in [0.1, 0.15) is 16.5 Å². The van der Waals surface area contributed by atoms with Crippen LogP contribution in [0.15, 0.2) is 17.0 Å². The number of aryl methyl sites for hydroxylation is 1. The van der Waals surface area contributed by atoms with Crippen molar-refractivity contribution < 1.29 is 22.3 Å². The molecule has 0 bridgehead atoms. The maximum Gasteiger partial charge on any atom is 0.243 e. The molecule has 0 aliphatic carbocycles. The molecular weight excluding hydrogens is 240 g/mol. The molecule has 7 heteroatoms. The van der Waals surface area contributed by atoms with Gasteiger partial charge in [0.05, 0.1) is 6.61 Å². The standard InChI is InChI=1S/C9H11F2NO3S/c1-6-4-9(8(11)5-7(6)10)16(14,15)12-2-3-13/h4-5,12-13H,2-3H2,1H3. The lowest BCUT2D eigenvalue weighted by molar-refractivity contribution is 0.301. The van der Waals surface area contributed by atoms with Crippen LogP contribution in [0.5, 0.6) is 0 Å². The molecule has 1 rings (SSSR count). The molecule has 0 fully saturated rings. The summed E-state index contributed by atoms with van der Waals surface area (Å²) in [5, 5.41) is 8.46. The number of aliphatic hydroxyl groups is 1. The Bertz CT molecular complexity index is 488. The van der Waals surface area contributed by atoms with Crippen LogP contribution in [0.3, 0.4) is 0 Å². The number of aliphatic hydroxyl groups excluding tert-OH is 1. The van der Waals surface area contributed by atoms with Gasteiger partial charge in [0.15, 0.2) is 0 Å². The number of hydrogen-bond donors (Lipinski definition) is 2. The van der Waals surface area contributed by atoms with Crippen molar-refractivity contribution in [3.05, 3.63) is 29.3 Å². The van der Waals surface area contributed by atoms with E-state index >= 15 is 0 Å². The van der Waals surface area contributed by atoms with E-state index in [4.69, 9.17) is 5.11 Å². The Kier molecular flexibility index (Phi) is 3.95. The normalized spacial score (nSPS) is 11.8. The summed E-state index contributed by atoms with van der Waals surface area (Å²) in [5.41, 5.74) is 0.0331. The molecule has 90 valence electrons. The number of nitrogens with one attached hydrogen (secondary N) is 1. The molecule has 0 aromatic heterocycles. The van der Waals surface area contributed by atoms with Crippen LogP contribution in [0.25, 0.3) is 0 Å². The molecule has 0 atom stereocenters. The van der Waals surface area contributed by atoms with E-state index in [0.29, 0.717) is 6.07 Å². The second kappa shape index (κ2) is 4.86. The summed E-state index contributed by atoms with van der Waals surface area (Å²) in [6.07, 6.45) is 0. The quantitative estimate of drug-likeness (QED) is 0.821. The molecule has 0 saturated carbocycles. The van der Waals surface area contributed by atoms with Crippen molar-refractivity contribution in [2.45, 2.75) is 11.8 Å². The third kappa shape index (κ3) is 2.75. The number of benzene rings is 1. The van der Waals surface area contributed by atoms with Gasteiger partial charge in [-0.3, -0.25) is 0 Å². The minimum atomic E-state index is -4.04. The van der Waals surface area contributed by atoms with Crippen LogP contribution < -0.4 is 4.72 Å². The molecule has 0 aliphatic rings. The molecular formula is C9H11F2NO3S. The fourth-order valence-corrected chi connectivity index (χ4v) is 2.26. The summed E-state index contributed by atoms with van der Waals surface area (Å²) < 4.78 is 51.1. The lowest BCUT2D eigenvalue weighted by Gasteiger charge is -2.07. The van der Waals surface area contributed by atoms with Crippen LogP contribution in [-0.4, -0.2) is 26.7 Å². The maximum atomic E-state index is 13.2. The lowest BCUT2D eigenvalue weighted by Crippen LogP contribution is -2.27. The Labute approximate surface area is 92.0 Å². The Balaban J connectivity index is 3.18. The summed E-state index contributed by atoms with van der Waals surface area (Å²) in [5.74, 6) is -1.97. The average Bonchev–Trinajstić information content (AvgIpc) is 2.20. The summed E-state index contributed by atoms with van der Waals surface area (Å²) in [7, 11) is -4.04. The highest BCUT2D eigenvalue weighted by molar-refractivity contribution is 7.89. The highest BCUT2D eigenvalue weighted by Crippen LogP contribution is 2.18. The summed E-state index contributed by atoms with van der Waals surface area (Å²) >= 11 is 0. The predicted octanol–water partition coefficient (Wildman–Crippen LogP) is 0.544. The van der Waals surface area contributed by atoms with Gasteiger partial charge in [0.25, 0.3) is 0 Å². The van der Waals surface area contributed by atoms with E-state index in [1.165, 1.54) is 6.92 Å². The Hall–Kier alpha value is -1.05. The molecule has 0 saturated heterocycles. The van der Waals surface area contributed by atoms with E-state index in [0.717, 1.165) is 6.07 Å².